The molecule has 2 N–H and O–H groups in total. The Balaban J connectivity index is 2.02. The van der Waals surface area contributed by atoms with E-state index >= 15 is 0 Å². The zero-order chi connectivity index (χ0) is 25.8. The van der Waals surface area contributed by atoms with Gasteiger partial charge in [0.25, 0.3) is 5.91 Å². The van der Waals surface area contributed by atoms with Gasteiger partial charge in [-0.05, 0) is 44.2 Å². The smallest absolute Gasteiger partial charge is 0.253 e. The molecule has 0 spiro atoms. The van der Waals surface area contributed by atoms with Crippen LogP contribution in [0.3, 0.4) is 0 Å². The number of rotatable bonds is 5. The topological polar surface area (TPSA) is 120 Å². The molecule has 1 aliphatic rings. The maximum Gasteiger partial charge on any atom is 0.253 e. The average Bonchev–Trinajstić information content (AvgIpc) is 2.84. The van der Waals surface area contributed by atoms with E-state index in [0.717, 1.165) is 0 Å². The molecule has 188 valence electrons. The van der Waals surface area contributed by atoms with Gasteiger partial charge in [-0.3, -0.25) is 9.78 Å². The van der Waals surface area contributed by atoms with Gasteiger partial charge in [0, 0.05) is 49.1 Å². The molecule has 0 fully saturated rings. The van der Waals surface area contributed by atoms with E-state index in [1.807, 2.05) is 6.92 Å². The molecule has 0 unspecified atom stereocenters. The van der Waals surface area contributed by atoms with Gasteiger partial charge in [-0.2, -0.15) is 4.31 Å². The first kappa shape index (κ1) is 26.6. The zero-order valence-electron chi connectivity index (χ0n) is 20.2. The highest BCUT2D eigenvalue weighted by Crippen LogP contribution is 2.34. The fourth-order valence-corrected chi connectivity index (χ4v) is 5.60. The summed E-state index contributed by atoms with van der Waals surface area (Å²) in [7, 11) is -2.32. The number of hydrogen-bond donors (Lipinski definition) is 2. The standard InChI is InChI=1S/C25H31N3O6S/c1-17-14-28(18(2)16-29)35(32,33)24-8-7-20(6-5-19(3)30)13-22(24)34-23(17)15-27(4)25(31)21-9-11-26-12-10-21/h7-13,17-19,23,29-30H,14-16H2,1-4H3/t17-,18+,19+,23-/m1/s1. The summed E-state index contributed by atoms with van der Waals surface area (Å²) in [5.41, 5.74) is 0.963. The van der Waals surface area contributed by atoms with E-state index in [2.05, 4.69) is 16.8 Å². The van der Waals surface area contributed by atoms with Crippen LogP contribution in [0.1, 0.15) is 36.7 Å². The van der Waals surface area contributed by atoms with E-state index in [9.17, 15) is 23.4 Å². The maximum absolute atomic E-state index is 13.5. The van der Waals surface area contributed by atoms with Crippen molar-refractivity contribution >= 4 is 15.9 Å². The third-order valence-corrected chi connectivity index (χ3v) is 7.84. The van der Waals surface area contributed by atoms with Gasteiger partial charge in [-0.15, -0.1) is 0 Å². The van der Waals surface area contributed by atoms with Crippen LogP contribution in [0, 0.1) is 17.8 Å². The van der Waals surface area contributed by atoms with Crippen LogP contribution in [0.15, 0.2) is 47.6 Å². The van der Waals surface area contributed by atoms with Gasteiger partial charge in [0.1, 0.15) is 22.9 Å². The molecule has 0 bridgehead atoms. The first-order valence-corrected chi connectivity index (χ1v) is 12.8. The second kappa shape index (κ2) is 11.2. The molecule has 0 radical (unpaired) electrons. The van der Waals surface area contributed by atoms with Crippen molar-refractivity contribution in [3.63, 3.8) is 0 Å². The molecule has 1 aliphatic heterocycles. The molecule has 10 heteroatoms. The number of carbonyl (C=O) groups excluding carboxylic acids is 1. The Bertz CT molecular complexity index is 1210. The lowest BCUT2D eigenvalue weighted by Crippen LogP contribution is -2.50. The van der Waals surface area contributed by atoms with Gasteiger partial charge in [0.15, 0.2) is 0 Å². The number of benzene rings is 1. The highest BCUT2D eigenvalue weighted by atomic mass is 32.2. The lowest BCUT2D eigenvalue weighted by Gasteiger charge is -2.37. The van der Waals surface area contributed by atoms with Crippen molar-refractivity contribution in [2.45, 2.75) is 43.9 Å². The minimum atomic E-state index is -3.98. The Morgan fingerprint density at radius 3 is 2.60 bits per heavy atom. The number of likely N-dealkylation sites (N-methyl/N-ethyl adjacent to an activating group) is 1. The average molecular weight is 502 g/mol. The molecular formula is C25H31N3O6S. The molecule has 2 aromatic rings. The number of aromatic nitrogens is 1. The molecule has 0 saturated heterocycles. The summed E-state index contributed by atoms with van der Waals surface area (Å²) >= 11 is 0. The van der Waals surface area contributed by atoms with Crippen molar-refractivity contribution in [2.75, 3.05) is 26.7 Å². The highest BCUT2D eigenvalue weighted by Gasteiger charge is 2.38. The van der Waals surface area contributed by atoms with Crippen LogP contribution >= 0.6 is 0 Å². The fourth-order valence-electron chi connectivity index (χ4n) is 3.78. The van der Waals surface area contributed by atoms with E-state index in [4.69, 9.17) is 4.74 Å². The van der Waals surface area contributed by atoms with Gasteiger partial charge in [-0.1, -0.05) is 18.8 Å². The third-order valence-electron chi connectivity index (χ3n) is 5.82. The minimum absolute atomic E-state index is 0.0413. The summed E-state index contributed by atoms with van der Waals surface area (Å²) in [5, 5.41) is 19.2. The molecule has 1 aromatic carbocycles. The Morgan fingerprint density at radius 2 is 1.97 bits per heavy atom. The number of nitrogens with zero attached hydrogens (tertiary/aromatic N) is 3. The summed E-state index contributed by atoms with van der Waals surface area (Å²) in [4.78, 5) is 18.3. The number of amides is 1. The fraction of sp³-hybridized carbons (Fsp3) is 0.440. The van der Waals surface area contributed by atoms with Crippen molar-refractivity contribution in [3.05, 3.63) is 53.9 Å². The van der Waals surface area contributed by atoms with E-state index in [-0.39, 0.29) is 42.2 Å². The van der Waals surface area contributed by atoms with Crippen LogP contribution < -0.4 is 4.74 Å². The largest absolute Gasteiger partial charge is 0.487 e. The summed E-state index contributed by atoms with van der Waals surface area (Å²) in [5.74, 6) is 5.03. The molecule has 35 heavy (non-hydrogen) atoms. The molecule has 0 aliphatic carbocycles. The number of sulfonamides is 1. The molecular weight excluding hydrogens is 470 g/mol. The Hall–Kier alpha value is -2.97. The van der Waals surface area contributed by atoms with Crippen LogP contribution in [0.2, 0.25) is 0 Å². The van der Waals surface area contributed by atoms with Crippen molar-refractivity contribution in [1.82, 2.24) is 14.2 Å². The van der Waals surface area contributed by atoms with Crippen molar-refractivity contribution in [2.24, 2.45) is 5.92 Å². The van der Waals surface area contributed by atoms with Gasteiger partial charge in [0.05, 0.1) is 13.2 Å². The van der Waals surface area contributed by atoms with Crippen molar-refractivity contribution < 1.29 is 28.2 Å². The van der Waals surface area contributed by atoms with Gasteiger partial charge >= 0.3 is 0 Å². The van der Waals surface area contributed by atoms with Crippen LogP contribution in [0.4, 0.5) is 0 Å². The molecule has 3 rings (SSSR count). The lowest BCUT2D eigenvalue weighted by atomic mass is 10.0. The second-order valence-electron chi connectivity index (χ2n) is 8.77. The Morgan fingerprint density at radius 1 is 1.29 bits per heavy atom. The predicted octanol–water partition coefficient (Wildman–Crippen LogP) is 1.35. The summed E-state index contributed by atoms with van der Waals surface area (Å²) in [6.45, 7) is 4.99. The first-order chi connectivity index (χ1) is 16.5. The number of aliphatic hydroxyl groups excluding tert-OH is 2. The molecule has 0 saturated carbocycles. The van der Waals surface area contributed by atoms with Gasteiger partial charge < -0.3 is 19.8 Å². The van der Waals surface area contributed by atoms with Gasteiger partial charge in [0.2, 0.25) is 10.0 Å². The number of carbonyl (C=O) groups is 1. The number of hydrogen-bond acceptors (Lipinski definition) is 7. The number of pyridine rings is 1. The van der Waals surface area contributed by atoms with Crippen molar-refractivity contribution in [3.8, 4) is 17.6 Å². The normalized spacial score (nSPS) is 21.2. The van der Waals surface area contributed by atoms with Crippen LogP contribution in [-0.2, 0) is 10.0 Å². The Kier molecular flexibility index (Phi) is 8.51. The minimum Gasteiger partial charge on any atom is -0.487 e. The van der Waals surface area contributed by atoms with E-state index < -0.39 is 28.3 Å². The maximum atomic E-state index is 13.5. The SMILES string of the molecule is C[C@H](O)C#Cc1ccc2c(c1)O[C@H](CN(C)C(=O)c1ccncc1)[C@H](C)CN([C@@H](C)CO)S2(=O)=O. The summed E-state index contributed by atoms with van der Waals surface area (Å²) in [6.07, 6.45) is 1.69. The number of fused-ring (bicyclic) bond motifs is 1. The van der Waals surface area contributed by atoms with Crippen LogP contribution in [-0.4, -0.2) is 83.7 Å². The number of aliphatic hydroxyl groups is 2. The quantitative estimate of drug-likeness (QED) is 0.594. The van der Waals surface area contributed by atoms with Crippen molar-refractivity contribution in [1.29, 1.82) is 0 Å². The molecule has 4 atom stereocenters. The zero-order valence-corrected chi connectivity index (χ0v) is 21.1. The van der Waals surface area contributed by atoms with Crippen LogP contribution in [0.5, 0.6) is 5.75 Å². The van der Waals surface area contributed by atoms with Gasteiger partial charge in [-0.25, -0.2) is 8.42 Å². The predicted molar refractivity (Wildman–Crippen MR) is 130 cm³/mol. The highest BCUT2D eigenvalue weighted by molar-refractivity contribution is 7.89. The molecule has 2 heterocycles. The summed E-state index contributed by atoms with van der Waals surface area (Å²) in [6, 6.07) is 7.10. The number of ether oxygens (including phenoxy) is 1. The summed E-state index contributed by atoms with van der Waals surface area (Å²) < 4.78 is 34.5. The molecule has 1 amide bonds. The van der Waals surface area contributed by atoms with E-state index in [0.29, 0.717) is 11.1 Å². The molecule has 1 aromatic heterocycles. The second-order valence-corrected chi connectivity index (χ2v) is 10.6. The lowest BCUT2D eigenvalue weighted by molar-refractivity contribution is 0.0563. The van der Waals surface area contributed by atoms with E-state index in [1.54, 1.807) is 44.6 Å². The Labute approximate surface area is 206 Å². The monoisotopic (exact) mass is 501 g/mol. The van der Waals surface area contributed by atoms with E-state index in [1.165, 1.54) is 28.3 Å². The third kappa shape index (κ3) is 6.18. The molecule has 9 nitrogen and oxygen atoms in total. The van der Waals surface area contributed by atoms with Crippen LogP contribution in [0.25, 0.3) is 0 Å². The first-order valence-electron chi connectivity index (χ1n) is 11.3.